The van der Waals surface area contributed by atoms with Crippen LogP contribution in [0.5, 0.6) is 11.5 Å². The van der Waals surface area contributed by atoms with Gasteiger partial charge in [0.15, 0.2) is 12.4 Å². The standard InChI is InChI=1S/C18H20O5S/c1-12-5-6-14(3)18(9-12)24(20,21)23-17-8-13(2)7-16(10-17)22-15(4)11-19/h5-11,15H,1-4H3. The summed E-state index contributed by atoms with van der Waals surface area (Å²) in [6.45, 7) is 6.92. The fourth-order valence-corrected chi connectivity index (χ4v) is 3.45. The van der Waals surface area contributed by atoms with E-state index in [-0.39, 0.29) is 10.6 Å². The summed E-state index contributed by atoms with van der Waals surface area (Å²) >= 11 is 0. The van der Waals surface area contributed by atoms with Gasteiger partial charge in [-0.25, -0.2) is 0 Å². The van der Waals surface area contributed by atoms with E-state index >= 15 is 0 Å². The van der Waals surface area contributed by atoms with Crippen molar-refractivity contribution in [1.82, 2.24) is 0 Å². The maximum absolute atomic E-state index is 12.6. The molecule has 2 rings (SSSR count). The number of carbonyl (C=O) groups is 1. The first-order valence-electron chi connectivity index (χ1n) is 7.46. The molecule has 1 unspecified atom stereocenters. The lowest BCUT2D eigenvalue weighted by Gasteiger charge is -2.13. The molecule has 0 aliphatic carbocycles. The van der Waals surface area contributed by atoms with Crippen LogP contribution in [0.3, 0.4) is 0 Å². The van der Waals surface area contributed by atoms with Crippen molar-refractivity contribution in [2.75, 3.05) is 0 Å². The van der Waals surface area contributed by atoms with Crippen molar-refractivity contribution in [3.8, 4) is 11.5 Å². The second-order valence-corrected chi connectivity index (χ2v) is 7.26. The van der Waals surface area contributed by atoms with Gasteiger partial charge < -0.3 is 8.92 Å². The van der Waals surface area contributed by atoms with Crippen molar-refractivity contribution in [3.63, 3.8) is 0 Å². The molecule has 0 fully saturated rings. The molecule has 0 saturated carbocycles. The van der Waals surface area contributed by atoms with Gasteiger partial charge in [0.05, 0.1) is 0 Å². The van der Waals surface area contributed by atoms with Crippen molar-refractivity contribution in [3.05, 3.63) is 53.1 Å². The Morgan fingerprint density at radius 1 is 0.958 bits per heavy atom. The number of rotatable bonds is 6. The molecule has 0 amide bonds. The summed E-state index contributed by atoms with van der Waals surface area (Å²) in [5.41, 5.74) is 2.20. The number of ether oxygens (including phenoxy) is 1. The second kappa shape index (κ2) is 7.05. The van der Waals surface area contributed by atoms with E-state index in [1.807, 2.05) is 13.0 Å². The molecule has 1 atom stereocenters. The number of benzene rings is 2. The highest BCUT2D eigenvalue weighted by Crippen LogP contribution is 2.27. The first kappa shape index (κ1) is 18.0. The maximum atomic E-state index is 12.6. The fourth-order valence-electron chi connectivity index (χ4n) is 2.22. The first-order chi connectivity index (χ1) is 11.2. The number of aldehydes is 1. The van der Waals surface area contributed by atoms with Crippen molar-refractivity contribution in [1.29, 1.82) is 0 Å². The van der Waals surface area contributed by atoms with Gasteiger partial charge in [0.1, 0.15) is 16.4 Å². The Kier molecular flexibility index (Phi) is 5.29. The SMILES string of the molecule is Cc1cc(OC(C)C=O)cc(OS(=O)(=O)c2cc(C)ccc2C)c1. The Bertz CT molecular complexity index is 856. The summed E-state index contributed by atoms with van der Waals surface area (Å²) in [6.07, 6.45) is 0.0330. The number of hydrogen-bond donors (Lipinski definition) is 0. The summed E-state index contributed by atoms with van der Waals surface area (Å²) in [6, 6.07) is 9.91. The minimum atomic E-state index is -3.96. The van der Waals surface area contributed by atoms with Gasteiger partial charge in [0, 0.05) is 6.07 Å². The Hall–Kier alpha value is -2.34. The van der Waals surface area contributed by atoms with Crippen LogP contribution in [0.4, 0.5) is 0 Å². The van der Waals surface area contributed by atoms with Gasteiger partial charge in [0.25, 0.3) is 0 Å². The van der Waals surface area contributed by atoms with Gasteiger partial charge in [-0.2, -0.15) is 8.42 Å². The molecule has 0 aliphatic heterocycles. The fraction of sp³-hybridized carbons (Fsp3) is 0.278. The van der Waals surface area contributed by atoms with Crippen LogP contribution in [-0.4, -0.2) is 20.8 Å². The summed E-state index contributed by atoms with van der Waals surface area (Å²) in [4.78, 5) is 10.8. The molecule has 128 valence electrons. The van der Waals surface area contributed by atoms with Gasteiger partial charge in [-0.05, 0) is 62.6 Å². The van der Waals surface area contributed by atoms with Gasteiger partial charge in [-0.1, -0.05) is 12.1 Å². The summed E-state index contributed by atoms with van der Waals surface area (Å²) in [7, 11) is -3.96. The van der Waals surface area contributed by atoms with Crippen molar-refractivity contribution in [2.45, 2.75) is 38.7 Å². The van der Waals surface area contributed by atoms with Gasteiger partial charge >= 0.3 is 10.1 Å². The second-order valence-electron chi connectivity index (χ2n) is 5.75. The van der Waals surface area contributed by atoms with E-state index in [4.69, 9.17) is 8.92 Å². The molecule has 5 nitrogen and oxygen atoms in total. The van der Waals surface area contributed by atoms with Crippen molar-refractivity contribution in [2.24, 2.45) is 0 Å². The third-order valence-electron chi connectivity index (χ3n) is 3.36. The minimum Gasteiger partial charge on any atom is -0.483 e. The van der Waals surface area contributed by atoms with Gasteiger partial charge in [-0.3, -0.25) is 4.79 Å². The van der Waals surface area contributed by atoms with Gasteiger partial charge in [0.2, 0.25) is 0 Å². The van der Waals surface area contributed by atoms with Crippen LogP contribution in [0.15, 0.2) is 41.3 Å². The van der Waals surface area contributed by atoms with Crippen LogP contribution in [0, 0.1) is 20.8 Å². The van der Waals surface area contributed by atoms with Crippen LogP contribution in [-0.2, 0) is 14.9 Å². The van der Waals surface area contributed by atoms with Crippen LogP contribution in [0.1, 0.15) is 23.6 Å². The lowest BCUT2D eigenvalue weighted by atomic mass is 10.2. The molecule has 0 radical (unpaired) electrons. The van der Waals surface area contributed by atoms with E-state index in [1.54, 1.807) is 45.0 Å². The lowest BCUT2D eigenvalue weighted by Crippen LogP contribution is -2.14. The van der Waals surface area contributed by atoms with Crippen LogP contribution >= 0.6 is 0 Å². The molecule has 0 aliphatic rings. The monoisotopic (exact) mass is 348 g/mol. The lowest BCUT2D eigenvalue weighted by molar-refractivity contribution is -0.113. The van der Waals surface area contributed by atoms with E-state index in [0.717, 1.165) is 11.1 Å². The molecule has 6 heteroatoms. The van der Waals surface area contributed by atoms with E-state index < -0.39 is 16.2 Å². The third-order valence-corrected chi connectivity index (χ3v) is 4.75. The highest BCUT2D eigenvalue weighted by molar-refractivity contribution is 7.87. The van der Waals surface area contributed by atoms with Crippen LogP contribution in [0.2, 0.25) is 0 Å². The average Bonchev–Trinajstić information content (AvgIpc) is 2.48. The molecule has 0 spiro atoms. The molecular formula is C18H20O5S. The molecule has 0 heterocycles. The average molecular weight is 348 g/mol. The van der Waals surface area contributed by atoms with Gasteiger partial charge in [-0.15, -0.1) is 0 Å². The van der Waals surface area contributed by atoms with Crippen molar-refractivity contribution < 1.29 is 22.1 Å². The number of carbonyl (C=O) groups excluding carboxylic acids is 1. The summed E-state index contributed by atoms with van der Waals surface area (Å²) in [5, 5.41) is 0. The third kappa shape index (κ3) is 4.35. The smallest absolute Gasteiger partial charge is 0.339 e. The molecule has 0 saturated heterocycles. The number of aryl methyl sites for hydroxylation is 3. The highest BCUT2D eigenvalue weighted by Gasteiger charge is 2.20. The Morgan fingerprint density at radius 3 is 2.29 bits per heavy atom. The Morgan fingerprint density at radius 2 is 1.62 bits per heavy atom. The molecule has 24 heavy (non-hydrogen) atoms. The molecule has 2 aromatic rings. The summed E-state index contributed by atoms with van der Waals surface area (Å²) < 4.78 is 35.8. The largest absolute Gasteiger partial charge is 0.483 e. The quantitative estimate of drug-likeness (QED) is 0.591. The molecule has 0 aromatic heterocycles. The summed E-state index contributed by atoms with van der Waals surface area (Å²) in [5.74, 6) is 0.518. The minimum absolute atomic E-state index is 0.132. The maximum Gasteiger partial charge on any atom is 0.339 e. The van der Waals surface area contributed by atoms with Crippen LogP contribution in [0.25, 0.3) is 0 Å². The van der Waals surface area contributed by atoms with E-state index in [9.17, 15) is 13.2 Å². The first-order valence-corrected chi connectivity index (χ1v) is 8.87. The molecule has 2 aromatic carbocycles. The van der Waals surface area contributed by atoms with E-state index in [2.05, 4.69) is 0 Å². The topological polar surface area (TPSA) is 69.7 Å². The van der Waals surface area contributed by atoms with E-state index in [0.29, 0.717) is 17.6 Å². The normalized spacial score (nSPS) is 12.5. The molecular weight excluding hydrogens is 328 g/mol. The van der Waals surface area contributed by atoms with Crippen molar-refractivity contribution >= 4 is 16.4 Å². The predicted molar refractivity (Wildman–Crippen MR) is 91.1 cm³/mol. The van der Waals surface area contributed by atoms with E-state index in [1.165, 1.54) is 6.07 Å². The Balaban J connectivity index is 2.36. The zero-order chi connectivity index (χ0) is 17.9. The molecule has 0 N–H and O–H groups in total. The Labute approximate surface area is 142 Å². The van der Waals surface area contributed by atoms with Crippen LogP contribution < -0.4 is 8.92 Å². The molecule has 0 bridgehead atoms. The predicted octanol–water partition coefficient (Wildman–Crippen LogP) is 3.35. The highest BCUT2D eigenvalue weighted by atomic mass is 32.2. The zero-order valence-corrected chi connectivity index (χ0v) is 14.9. The zero-order valence-electron chi connectivity index (χ0n) is 14.1. The number of hydrogen-bond acceptors (Lipinski definition) is 5.